The summed E-state index contributed by atoms with van der Waals surface area (Å²) in [4.78, 5) is 24.1. The fourth-order valence-electron chi connectivity index (χ4n) is 1.73. The first-order valence-corrected chi connectivity index (χ1v) is 7.00. The molecule has 6 heteroatoms. The van der Waals surface area contributed by atoms with Gasteiger partial charge in [0.1, 0.15) is 0 Å². The van der Waals surface area contributed by atoms with Crippen molar-refractivity contribution >= 4 is 35.0 Å². The minimum Gasteiger partial charge on any atom is -0.354 e. The highest BCUT2D eigenvalue weighted by Crippen LogP contribution is 2.30. The van der Waals surface area contributed by atoms with Crippen molar-refractivity contribution in [3.05, 3.63) is 33.8 Å². The molecule has 0 spiro atoms. The van der Waals surface area contributed by atoms with Gasteiger partial charge < -0.3 is 10.2 Å². The predicted molar refractivity (Wildman–Crippen MR) is 81.2 cm³/mol. The summed E-state index contributed by atoms with van der Waals surface area (Å²) in [6, 6.07) is 5.32. The third-order valence-electron chi connectivity index (χ3n) is 3.02. The predicted octanol–water partition coefficient (Wildman–Crippen LogP) is 2.69. The second-order valence-corrected chi connectivity index (χ2v) is 5.53. The maximum atomic E-state index is 11.7. The molecule has 1 N–H and O–H groups in total. The van der Waals surface area contributed by atoms with E-state index < -0.39 is 0 Å². The Labute approximate surface area is 129 Å². The Morgan fingerprint density at radius 2 is 1.85 bits per heavy atom. The molecule has 0 saturated carbocycles. The van der Waals surface area contributed by atoms with Crippen molar-refractivity contribution in [2.45, 2.75) is 19.8 Å². The molecule has 0 aliphatic carbocycles. The molecule has 0 heterocycles. The molecule has 1 rings (SSSR count). The van der Waals surface area contributed by atoms with Gasteiger partial charge in [0.05, 0.1) is 6.54 Å². The van der Waals surface area contributed by atoms with E-state index in [-0.39, 0.29) is 24.3 Å². The first-order chi connectivity index (χ1) is 9.32. The Balaban J connectivity index is 2.57. The molecule has 0 bridgehead atoms. The minimum atomic E-state index is -0.210. The zero-order valence-corrected chi connectivity index (χ0v) is 13.3. The van der Waals surface area contributed by atoms with Crippen LogP contribution in [-0.2, 0) is 9.59 Å². The Morgan fingerprint density at radius 1 is 1.30 bits per heavy atom. The van der Waals surface area contributed by atoms with Crippen LogP contribution in [-0.4, -0.2) is 36.9 Å². The number of likely N-dealkylation sites (N-methyl/N-ethyl adjacent to an activating group) is 1. The highest BCUT2D eigenvalue weighted by molar-refractivity contribution is 6.36. The number of hydrogen-bond acceptors (Lipinski definition) is 2. The molecule has 0 aromatic heterocycles. The normalized spacial score (nSPS) is 11.8. The van der Waals surface area contributed by atoms with E-state index in [1.807, 2.05) is 6.92 Å². The lowest BCUT2D eigenvalue weighted by Gasteiger charge is -2.18. The number of benzene rings is 1. The number of nitrogens with zero attached hydrogens (tertiary/aromatic N) is 1. The van der Waals surface area contributed by atoms with Gasteiger partial charge in [-0.3, -0.25) is 9.59 Å². The number of rotatable bonds is 5. The Bertz CT molecular complexity index is 486. The van der Waals surface area contributed by atoms with Crippen molar-refractivity contribution in [1.29, 1.82) is 0 Å². The van der Waals surface area contributed by atoms with Crippen LogP contribution < -0.4 is 5.32 Å². The molecule has 0 radical (unpaired) electrons. The van der Waals surface area contributed by atoms with Crippen LogP contribution in [0, 0.1) is 0 Å². The van der Waals surface area contributed by atoms with Crippen LogP contribution in [0.5, 0.6) is 0 Å². The fourth-order valence-corrected chi connectivity index (χ4v) is 2.50. The summed E-state index contributed by atoms with van der Waals surface area (Å²) < 4.78 is 0. The lowest BCUT2D eigenvalue weighted by Crippen LogP contribution is -2.38. The van der Waals surface area contributed by atoms with Crippen molar-refractivity contribution in [2.24, 2.45) is 0 Å². The van der Waals surface area contributed by atoms with Crippen LogP contribution >= 0.6 is 23.2 Å². The summed E-state index contributed by atoms with van der Waals surface area (Å²) in [5, 5.41) is 3.94. The van der Waals surface area contributed by atoms with E-state index >= 15 is 0 Å². The molecule has 4 nitrogen and oxygen atoms in total. The van der Waals surface area contributed by atoms with Crippen molar-refractivity contribution in [1.82, 2.24) is 10.2 Å². The first-order valence-electron chi connectivity index (χ1n) is 6.25. The van der Waals surface area contributed by atoms with Gasteiger partial charge in [-0.1, -0.05) is 36.2 Å². The standard InChI is InChI=1S/C14H18Cl2N2O2/c1-9(14-11(15)5-4-6-12(14)16)7-17-13(20)8-18(3)10(2)19/h4-6,9H,7-8H2,1-3H3,(H,17,20). The first kappa shape index (κ1) is 16.8. The van der Waals surface area contributed by atoms with Gasteiger partial charge in [0.15, 0.2) is 0 Å². The summed E-state index contributed by atoms with van der Waals surface area (Å²) in [5.74, 6) is -0.372. The number of halogens is 2. The molecule has 20 heavy (non-hydrogen) atoms. The SMILES string of the molecule is CC(=O)N(C)CC(=O)NCC(C)c1c(Cl)cccc1Cl. The van der Waals surface area contributed by atoms with Crippen LogP contribution in [0.25, 0.3) is 0 Å². The van der Waals surface area contributed by atoms with Crippen LogP contribution in [0.1, 0.15) is 25.3 Å². The van der Waals surface area contributed by atoms with Gasteiger partial charge in [0, 0.05) is 36.5 Å². The van der Waals surface area contributed by atoms with Gasteiger partial charge in [-0.15, -0.1) is 0 Å². The Morgan fingerprint density at radius 3 is 2.35 bits per heavy atom. The van der Waals surface area contributed by atoms with Gasteiger partial charge >= 0.3 is 0 Å². The molecule has 0 aliphatic heterocycles. The van der Waals surface area contributed by atoms with E-state index in [0.717, 1.165) is 5.56 Å². The quantitative estimate of drug-likeness (QED) is 0.908. The van der Waals surface area contributed by atoms with Crippen LogP contribution in [0.3, 0.4) is 0 Å². The van der Waals surface area contributed by atoms with E-state index in [9.17, 15) is 9.59 Å². The molecule has 1 unspecified atom stereocenters. The monoisotopic (exact) mass is 316 g/mol. The van der Waals surface area contributed by atoms with Gasteiger partial charge in [-0.25, -0.2) is 0 Å². The van der Waals surface area contributed by atoms with E-state index in [0.29, 0.717) is 16.6 Å². The molecule has 1 aromatic carbocycles. The van der Waals surface area contributed by atoms with E-state index in [1.165, 1.54) is 11.8 Å². The summed E-state index contributed by atoms with van der Waals surface area (Å²) in [6.07, 6.45) is 0. The molecule has 0 aliphatic rings. The Kier molecular flexibility index (Phi) is 6.30. The van der Waals surface area contributed by atoms with Crippen molar-refractivity contribution < 1.29 is 9.59 Å². The number of nitrogens with one attached hydrogen (secondary N) is 1. The number of carbonyl (C=O) groups is 2. The summed E-state index contributed by atoms with van der Waals surface area (Å²) in [7, 11) is 1.58. The smallest absolute Gasteiger partial charge is 0.239 e. The van der Waals surface area contributed by atoms with Crippen molar-refractivity contribution in [2.75, 3.05) is 20.1 Å². The summed E-state index contributed by atoms with van der Waals surface area (Å²) >= 11 is 12.2. The van der Waals surface area contributed by atoms with E-state index in [1.54, 1.807) is 25.2 Å². The fraction of sp³-hybridized carbons (Fsp3) is 0.429. The zero-order valence-electron chi connectivity index (χ0n) is 11.7. The maximum Gasteiger partial charge on any atom is 0.239 e. The molecule has 1 atom stereocenters. The second kappa shape index (κ2) is 7.50. The number of carbonyl (C=O) groups excluding carboxylic acids is 2. The van der Waals surface area contributed by atoms with Gasteiger partial charge in [0.25, 0.3) is 0 Å². The summed E-state index contributed by atoms with van der Waals surface area (Å²) in [6.45, 7) is 3.80. The average molecular weight is 317 g/mol. The van der Waals surface area contributed by atoms with Gasteiger partial charge in [-0.05, 0) is 17.7 Å². The highest BCUT2D eigenvalue weighted by Gasteiger charge is 2.15. The molecule has 2 amide bonds. The van der Waals surface area contributed by atoms with Crippen molar-refractivity contribution in [3.63, 3.8) is 0 Å². The second-order valence-electron chi connectivity index (χ2n) is 4.72. The molecular weight excluding hydrogens is 299 g/mol. The highest BCUT2D eigenvalue weighted by atomic mass is 35.5. The van der Waals surface area contributed by atoms with E-state index in [4.69, 9.17) is 23.2 Å². The lowest BCUT2D eigenvalue weighted by atomic mass is 10.0. The summed E-state index contributed by atoms with van der Waals surface area (Å²) in [5.41, 5.74) is 0.816. The molecular formula is C14H18Cl2N2O2. The maximum absolute atomic E-state index is 11.7. The topological polar surface area (TPSA) is 49.4 Å². The minimum absolute atomic E-state index is 0.0113. The Hall–Kier alpha value is -1.26. The molecule has 1 aromatic rings. The zero-order chi connectivity index (χ0) is 15.3. The van der Waals surface area contributed by atoms with Crippen LogP contribution in [0.4, 0.5) is 0 Å². The van der Waals surface area contributed by atoms with Crippen molar-refractivity contribution in [3.8, 4) is 0 Å². The van der Waals surface area contributed by atoms with Crippen LogP contribution in [0.2, 0.25) is 10.0 Å². The largest absolute Gasteiger partial charge is 0.354 e. The third kappa shape index (κ3) is 4.69. The van der Waals surface area contributed by atoms with E-state index in [2.05, 4.69) is 5.32 Å². The molecule has 110 valence electrons. The average Bonchev–Trinajstić information content (AvgIpc) is 2.36. The number of amides is 2. The molecule has 0 fully saturated rings. The van der Waals surface area contributed by atoms with Crippen LogP contribution in [0.15, 0.2) is 18.2 Å². The number of hydrogen-bond donors (Lipinski definition) is 1. The van der Waals surface area contributed by atoms with Gasteiger partial charge in [-0.2, -0.15) is 0 Å². The molecule has 0 saturated heterocycles. The lowest BCUT2D eigenvalue weighted by molar-refractivity contribution is -0.133. The third-order valence-corrected chi connectivity index (χ3v) is 3.68. The van der Waals surface area contributed by atoms with Gasteiger partial charge in [0.2, 0.25) is 11.8 Å².